The number of rotatable bonds is 14. The van der Waals surface area contributed by atoms with Crippen LogP contribution in [0.5, 0.6) is 5.75 Å². The van der Waals surface area contributed by atoms with Crippen LogP contribution in [0.25, 0.3) is 0 Å². The van der Waals surface area contributed by atoms with Crippen molar-refractivity contribution in [3.63, 3.8) is 0 Å². The number of carbonyl (C=O) groups is 1. The van der Waals surface area contributed by atoms with Crippen molar-refractivity contribution in [2.24, 2.45) is 0 Å². The van der Waals surface area contributed by atoms with Crippen molar-refractivity contribution in [3.05, 3.63) is 29.8 Å². The summed E-state index contributed by atoms with van der Waals surface area (Å²) >= 11 is 0. The Morgan fingerprint density at radius 3 is 1.96 bits per heavy atom. The number of hydrogen-bond donors (Lipinski definition) is 0. The Balaban J connectivity index is 2.09. The molecule has 4 heteroatoms. The van der Waals surface area contributed by atoms with Gasteiger partial charge in [0.15, 0.2) is 6.10 Å². The van der Waals surface area contributed by atoms with E-state index < -0.39 is 6.10 Å². The molecule has 0 amide bonds. The zero-order valence-electron chi connectivity index (χ0n) is 16.0. The molecule has 0 radical (unpaired) electrons. The van der Waals surface area contributed by atoms with Crippen LogP contribution in [0.4, 0.5) is 0 Å². The second-order valence-corrected chi connectivity index (χ2v) is 7.05. The normalized spacial score (nSPS) is 12.1. The first-order valence-corrected chi connectivity index (χ1v) is 10.3. The van der Waals surface area contributed by atoms with Crippen LogP contribution in [0.2, 0.25) is 0 Å². The first-order chi connectivity index (χ1) is 12.2. The van der Waals surface area contributed by atoms with Crippen LogP contribution in [-0.2, 0) is 15.7 Å². The van der Waals surface area contributed by atoms with Crippen molar-refractivity contribution in [2.45, 2.75) is 90.6 Å². The van der Waals surface area contributed by atoms with Gasteiger partial charge < -0.3 is 9.26 Å². The van der Waals surface area contributed by atoms with Crippen molar-refractivity contribution >= 4 is 15.4 Å². The van der Waals surface area contributed by atoms with E-state index in [1.165, 1.54) is 69.8 Å². The van der Waals surface area contributed by atoms with Gasteiger partial charge in [-0.25, -0.2) is 4.79 Å². The monoisotopic (exact) mass is 366 g/mol. The van der Waals surface area contributed by atoms with E-state index >= 15 is 0 Å². The summed E-state index contributed by atoms with van der Waals surface area (Å²) in [5.74, 6) is 0.197. The van der Waals surface area contributed by atoms with E-state index in [9.17, 15) is 4.79 Å². The molecule has 0 aromatic heterocycles. The SMILES string of the molecule is CCCCCCCCCCCCc1ccc(OC(=O)C(C)OP)cc1. The van der Waals surface area contributed by atoms with E-state index in [0.717, 1.165) is 6.42 Å². The van der Waals surface area contributed by atoms with E-state index in [4.69, 9.17) is 9.26 Å². The Morgan fingerprint density at radius 2 is 1.44 bits per heavy atom. The first kappa shape index (κ1) is 22.1. The fourth-order valence-electron chi connectivity index (χ4n) is 2.80. The zero-order chi connectivity index (χ0) is 18.3. The highest BCUT2D eigenvalue weighted by molar-refractivity contribution is 7.09. The second-order valence-electron chi connectivity index (χ2n) is 6.78. The maximum absolute atomic E-state index is 11.6. The van der Waals surface area contributed by atoms with E-state index in [1.807, 2.05) is 24.3 Å². The van der Waals surface area contributed by atoms with E-state index in [2.05, 4.69) is 16.4 Å². The summed E-state index contributed by atoms with van der Waals surface area (Å²) in [5.41, 5.74) is 1.30. The molecular formula is C21H35O3P. The van der Waals surface area contributed by atoms with Crippen LogP contribution in [0.1, 0.15) is 83.6 Å². The summed E-state index contributed by atoms with van der Waals surface area (Å²) in [6.45, 7) is 3.93. The van der Waals surface area contributed by atoms with Crippen LogP contribution in [0.15, 0.2) is 24.3 Å². The molecule has 3 nitrogen and oxygen atoms in total. The molecule has 0 fully saturated rings. The predicted molar refractivity (Wildman–Crippen MR) is 108 cm³/mol. The van der Waals surface area contributed by atoms with Gasteiger partial charge in [-0.3, -0.25) is 0 Å². The van der Waals surface area contributed by atoms with E-state index in [-0.39, 0.29) is 5.97 Å². The molecular weight excluding hydrogens is 331 g/mol. The van der Waals surface area contributed by atoms with Crippen molar-refractivity contribution in [1.29, 1.82) is 0 Å². The van der Waals surface area contributed by atoms with Crippen molar-refractivity contribution in [3.8, 4) is 5.75 Å². The Hall–Kier alpha value is -0.920. The lowest BCUT2D eigenvalue weighted by atomic mass is 10.0. The Morgan fingerprint density at radius 1 is 0.920 bits per heavy atom. The first-order valence-electron chi connectivity index (χ1n) is 9.83. The minimum atomic E-state index is -0.573. The third-order valence-corrected chi connectivity index (χ3v) is 4.91. The zero-order valence-corrected chi connectivity index (χ0v) is 17.1. The molecule has 1 aromatic carbocycles. The molecule has 0 aliphatic rings. The van der Waals surface area contributed by atoms with Gasteiger partial charge in [0.05, 0.1) is 0 Å². The molecule has 0 heterocycles. The lowest BCUT2D eigenvalue weighted by Crippen LogP contribution is -2.22. The van der Waals surface area contributed by atoms with Gasteiger partial charge in [0.2, 0.25) is 0 Å². The number of hydrogen-bond acceptors (Lipinski definition) is 3. The highest BCUT2D eigenvalue weighted by Crippen LogP contribution is 2.16. The highest BCUT2D eigenvalue weighted by Gasteiger charge is 2.14. The van der Waals surface area contributed by atoms with Gasteiger partial charge in [-0.05, 0) is 37.5 Å². The molecule has 0 aliphatic heterocycles. The standard InChI is InChI=1S/C21H35O3P/c1-3-4-5-6-7-8-9-10-11-12-13-19-14-16-20(17-15-19)23-21(22)18(2)24-25/h14-18H,3-13,25H2,1-2H3. The molecule has 0 N–H and O–H groups in total. The van der Waals surface area contributed by atoms with Gasteiger partial charge in [-0.2, -0.15) is 0 Å². The lowest BCUT2D eigenvalue weighted by molar-refractivity contribution is -0.140. The predicted octanol–water partition coefficient (Wildman–Crippen LogP) is 6.25. The van der Waals surface area contributed by atoms with Crippen molar-refractivity contribution < 1.29 is 14.1 Å². The van der Waals surface area contributed by atoms with Crippen LogP contribution >= 0.6 is 9.47 Å². The summed E-state index contributed by atoms with van der Waals surface area (Å²) in [5, 5.41) is 0. The molecule has 0 aliphatic carbocycles. The second kappa shape index (κ2) is 14.3. The van der Waals surface area contributed by atoms with Crippen LogP contribution < -0.4 is 4.74 Å². The van der Waals surface area contributed by atoms with Crippen LogP contribution in [0.3, 0.4) is 0 Å². The van der Waals surface area contributed by atoms with Gasteiger partial charge in [0.25, 0.3) is 0 Å². The molecule has 1 rings (SSSR count). The summed E-state index contributed by atoms with van der Waals surface area (Å²) in [7, 11) is 2.08. The van der Waals surface area contributed by atoms with Crippen molar-refractivity contribution in [2.75, 3.05) is 0 Å². The van der Waals surface area contributed by atoms with Gasteiger partial charge in [-0.15, -0.1) is 0 Å². The number of benzene rings is 1. The Bertz CT molecular complexity index is 459. The topological polar surface area (TPSA) is 35.5 Å². The number of carbonyl (C=O) groups excluding carboxylic acids is 1. The molecule has 0 bridgehead atoms. The minimum Gasteiger partial charge on any atom is -0.425 e. The maximum atomic E-state index is 11.6. The number of ether oxygens (including phenoxy) is 1. The summed E-state index contributed by atoms with van der Waals surface area (Å²) in [6, 6.07) is 7.81. The smallest absolute Gasteiger partial charge is 0.340 e. The third-order valence-electron chi connectivity index (χ3n) is 4.50. The van der Waals surface area contributed by atoms with Crippen LogP contribution in [-0.4, -0.2) is 12.1 Å². The Kier molecular flexibility index (Phi) is 12.6. The quantitative estimate of drug-likeness (QED) is 0.169. The fraction of sp³-hybridized carbons (Fsp3) is 0.667. The maximum Gasteiger partial charge on any atom is 0.340 e. The molecule has 2 atom stereocenters. The molecule has 2 unspecified atom stereocenters. The summed E-state index contributed by atoms with van der Waals surface area (Å²) in [6.07, 6.45) is 14.1. The fourth-order valence-corrected chi connectivity index (χ4v) is 2.91. The summed E-state index contributed by atoms with van der Waals surface area (Å²) < 4.78 is 10.1. The number of esters is 1. The van der Waals surface area contributed by atoms with Gasteiger partial charge in [0.1, 0.15) is 5.75 Å². The van der Waals surface area contributed by atoms with E-state index in [0.29, 0.717) is 5.75 Å². The summed E-state index contributed by atoms with van der Waals surface area (Å²) in [4.78, 5) is 11.6. The Labute approximate surface area is 156 Å². The highest BCUT2D eigenvalue weighted by atomic mass is 31.0. The molecule has 142 valence electrons. The van der Waals surface area contributed by atoms with Crippen LogP contribution in [0, 0.1) is 0 Å². The average molecular weight is 366 g/mol. The number of unbranched alkanes of at least 4 members (excludes halogenated alkanes) is 9. The lowest BCUT2D eigenvalue weighted by Gasteiger charge is -2.09. The van der Waals surface area contributed by atoms with Crippen molar-refractivity contribution in [1.82, 2.24) is 0 Å². The molecule has 25 heavy (non-hydrogen) atoms. The minimum absolute atomic E-state index is 0.377. The largest absolute Gasteiger partial charge is 0.425 e. The van der Waals surface area contributed by atoms with Gasteiger partial charge >= 0.3 is 5.97 Å². The molecule has 1 aromatic rings. The average Bonchev–Trinajstić information content (AvgIpc) is 2.63. The molecule has 0 spiro atoms. The van der Waals surface area contributed by atoms with E-state index in [1.54, 1.807) is 6.92 Å². The number of aryl methyl sites for hydroxylation is 1. The van der Waals surface area contributed by atoms with Gasteiger partial charge in [0, 0.05) is 9.47 Å². The molecule has 0 saturated heterocycles. The molecule has 0 saturated carbocycles. The van der Waals surface area contributed by atoms with Gasteiger partial charge in [-0.1, -0.05) is 76.8 Å². The third kappa shape index (κ3) is 10.6.